The van der Waals surface area contributed by atoms with Crippen molar-refractivity contribution in [3.05, 3.63) is 70.3 Å². The first-order chi connectivity index (χ1) is 12.2. The Bertz CT molecular complexity index is 929. The quantitative estimate of drug-likeness (QED) is 0.544. The molecule has 1 aromatic heterocycles. The van der Waals surface area contributed by atoms with Gasteiger partial charge in [0.05, 0.1) is 20.4 Å². The molecule has 6 nitrogen and oxygen atoms in total. The lowest BCUT2D eigenvalue weighted by Gasteiger charge is -2.04. The maximum absolute atomic E-state index is 5.28. The molecule has 1 heterocycles. The van der Waals surface area contributed by atoms with Gasteiger partial charge in [0, 0.05) is 6.42 Å². The van der Waals surface area contributed by atoms with Crippen molar-refractivity contribution in [1.29, 1.82) is 0 Å². The number of hydrogen-bond acceptors (Lipinski definition) is 5. The minimum atomic E-state index is 0.447. The van der Waals surface area contributed by atoms with Gasteiger partial charge < -0.3 is 9.47 Å². The van der Waals surface area contributed by atoms with Gasteiger partial charge in [0.15, 0.2) is 5.82 Å². The van der Waals surface area contributed by atoms with Crippen LogP contribution in [0, 0.1) is 4.77 Å². The van der Waals surface area contributed by atoms with E-state index in [2.05, 4.69) is 15.3 Å². The minimum Gasteiger partial charge on any atom is -0.497 e. The molecule has 0 amide bonds. The van der Waals surface area contributed by atoms with Crippen LogP contribution in [-0.2, 0) is 6.42 Å². The van der Waals surface area contributed by atoms with Gasteiger partial charge >= 0.3 is 0 Å². The fourth-order valence-corrected chi connectivity index (χ4v) is 2.53. The Kier molecular flexibility index (Phi) is 5.25. The Labute approximate surface area is 150 Å². The van der Waals surface area contributed by atoms with Gasteiger partial charge in [-0.3, -0.25) is 5.10 Å². The summed E-state index contributed by atoms with van der Waals surface area (Å²) in [7, 11) is 3.28. The van der Waals surface area contributed by atoms with Gasteiger partial charge in [0.2, 0.25) is 4.77 Å². The number of aromatic amines is 1. The Morgan fingerprint density at radius 2 is 1.88 bits per heavy atom. The number of ether oxygens (including phenoxy) is 2. The summed E-state index contributed by atoms with van der Waals surface area (Å²) >= 11 is 5.28. The highest BCUT2D eigenvalue weighted by Gasteiger charge is 2.06. The van der Waals surface area contributed by atoms with Crippen LogP contribution in [0.1, 0.15) is 17.0 Å². The van der Waals surface area contributed by atoms with Crippen LogP contribution in [-0.4, -0.2) is 35.3 Å². The van der Waals surface area contributed by atoms with Crippen LogP contribution in [0.15, 0.2) is 53.6 Å². The van der Waals surface area contributed by atoms with E-state index in [-0.39, 0.29) is 0 Å². The summed E-state index contributed by atoms with van der Waals surface area (Å²) in [6.45, 7) is 0. The Morgan fingerprint density at radius 1 is 1.12 bits per heavy atom. The van der Waals surface area contributed by atoms with Crippen LogP contribution in [0.2, 0.25) is 0 Å². The SMILES string of the molecule is COc1ccc(Cc2n[nH]c(=S)n2/N=C\c2cccc(OC)c2)cc1. The highest BCUT2D eigenvalue weighted by atomic mass is 32.1. The van der Waals surface area contributed by atoms with E-state index in [0.29, 0.717) is 11.2 Å². The Hall–Kier alpha value is -2.93. The van der Waals surface area contributed by atoms with Gasteiger partial charge in [0.1, 0.15) is 11.5 Å². The molecule has 7 heteroatoms. The van der Waals surface area contributed by atoms with E-state index in [4.69, 9.17) is 21.7 Å². The molecule has 1 N–H and O–H groups in total. The highest BCUT2D eigenvalue weighted by Crippen LogP contribution is 2.15. The van der Waals surface area contributed by atoms with Crippen LogP contribution in [0.3, 0.4) is 0 Å². The largest absolute Gasteiger partial charge is 0.497 e. The third-order valence-electron chi connectivity index (χ3n) is 3.65. The van der Waals surface area contributed by atoms with Crippen LogP contribution in [0.4, 0.5) is 0 Å². The first-order valence-electron chi connectivity index (χ1n) is 7.67. The number of hydrogen-bond donors (Lipinski definition) is 1. The molecule has 0 radical (unpaired) electrons. The zero-order valence-corrected chi connectivity index (χ0v) is 14.8. The summed E-state index contributed by atoms with van der Waals surface area (Å²) in [6, 6.07) is 15.5. The predicted octanol–water partition coefficient (Wildman–Crippen LogP) is 3.43. The maximum atomic E-state index is 5.28. The molecule has 0 aliphatic carbocycles. The summed E-state index contributed by atoms with van der Waals surface area (Å²) in [4.78, 5) is 0. The molecule has 3 aromatic rings. The second kappa shape index (κ2) is 7.76. The third-order valence-corrected chi connectivity index (χ3v) is 3.92. The van der Waals surface area contributed by atoms with Crippen LogP contribution < -0.4 is 9.47 Å². The smallest absolute Gasteiger partial charge is 0.216 e. The second-order valence-electron chi connectivity index (χ2n) is 5.30. The fraction of sp³-hybridized carbons (Fsp3) is 0.167. The summed E-state index contributed by atoms with van der Waals surface area (Å²) in [5.41, 5.74) is 2.01. The van der Waals surface area contributed by atoms with Crippen LogP contribution in [0.25, 0.3) is 0 Å². The molecule has 25 heavy (non-hydrogen) atoms. The number of nitrogens with one attached hydrogen (secondary N) is 1. The van der Waals surface area contributed by atoms with E-state index in [1.165, 1.54) is 0 Å². The van der Waals surface area contributed by atoms with Crippen molar-refractivity contribution in [2.75, 3.05) is 14.2 Å². The molecule has 0 aliphatic heterocycles. The lowest BCUT2D eigenvalue weighted by Crippen LogP contribution is -2.00. The topological polar surface area (TPSA) is 64.4 Å². The van der Waals surface area contributed by atoms with Crippen LogP contribution >= 0.6 is 12.2 Å². The summed E-state index contributed by atoms with van der Waals surface area (Å²) in [5, 5.41) is 11.5. The molecule has 0 atom stereocenters. The first-order valence-corrected chi connectivity index (χ1v) is 8.08. The van der Waals surface area contributed by atoms with Gasteiger partial charge in [-0.05, 0) is 47.6 Å². The molecule has 0 fully saturated rings. The van der Waals surface area contributed by atoms with Gasteiger partial charge in [-0.1, -0.05) is 24.3 Å². The number of methoxy groups -OCH3 is 2. The molecule has 0 unspecified atom stereocenters. The number of H-pyrrole nitrogens is 1. The van der Waals surface area contributed by atoms with E-state index < -0.39 is 0 Å². The average Bonchev–Trinajstić information content (AvgIpc) is 3.00. The maximum Gasteiger partial charge on any atom is 0.216 e. The summed E-state index contributed by atoms with van der Waals surface area (Å²) in [5.74, 6) is 2.33. The molecule has 0 spiro atoms. The van der Waals surface area contributed by atoms with Crippen molar-refractivity contribution in [2.24, 2.45) is 5.10 Å². The first kappa shape index (κ1) is 16.9. The molecule has 2 aromatic carbocycles. The minimum absolute atomic E-state index is 0.447. The van der Waals surface area contributed by atoms with E-state index in [9.17, 15) is 0 Å². The molecular formula is C18H18N4O2S. The van der Waals surface area contributed by atoms with Crippen molar-refractivity contribution in [3.8, 4) is 11.5 Å². The van der Waals surface area contributed by atoms with Gasteiger partial charge in [-0.25, -0.2) is 0 Å². The second-order valence-corrected chi connectivity index (χ2v) is 5.69. The zero-order chi connectivity index (χ0) is 17.6. The Morgan fingerprint density at radius 3 is 2.60 bits per heavy atom. The van der Waals surface area contributed by atoms with E-state index >= 15 is 0 Å². The fourth-order valence-electron chi connectivity index (χ4n) is 2.33. The number of rotatable bonds is 6. The van der Waals surface area contributed by atoms with Crippen molar-refractivity contribution >= 4 is 18.4 Å². The normalized spacial score (nSPS) is 11.0. The van der Waals surface area contributed by atoms with Crippen LogP contribution in [0.5, 0.6) is 11.5 Å². The number of aromatic nitrogens is 3. The van der Waals surface area contributed by atoms with Crippen molar-refractivity contribution in [1.82, 2.24) is 14.9 Å². The Balaban J connectivity index is 1.83. The molecular weight excluding hydrogens is 336 g/mol. The highest BCUT2D eigenvalue weighted by molar-refractivity contribution is 7.71. The monoisotopic (exact) mass is 354 g/mol. The standard InChI is InChI=1S/C18H18N4O2S/c1-23-15-8-6-13(7-9-15)11-17-20-21-18(25)22(17)19-12-14-4-3-5-16(10-14)24-2/h3-10,12H,11H2,1-2H3,(H,21,25)/b19-12-. The number of nitrogens with zero attached hydrogens (tertiary/aromatic N) is 3. The van der Waals surface area contributed by atoms with E-state index in [1.807, 2.05) is 48.5 Å². The number of benzene rings is 2. The molecule has 0 saturated carbocycles. The predicted molar refractivity (Wildman–Crippen MR) is 99.2 cm³/mol. The van der Waals surface area contributed by atoms with Gasteiger partial charge in [-0.2, -0.15) is 14.9 Å². The molecule has 0 bridgehead atoms. The zero-order valence-electron chi connectivity index (χ0n) is 14.0. The van der Waals surface area contributed by atoms with Crippen molar-refractivity contribution < 1.29 is 9.47 Å². The molecule has 128 valence electrons. The van der Waals surface area contributed by atoms with Crippen molar-refractivity contribution in [3.63, 3.8) is 0 Å². The summed E-state index contributed by atoms with van der Waals surface area (Å²) in [6.07, 6.45) is 2.33. The summed E-state index contributed by atoms with van der Waals surface area (Å²) < 4.78 is 12.5. The van der Waals surface area contributed by atoms with Gasteiger partial charge in [0.25, 0.3) is 0 Å². The van der Waals surface area contributed by atoms with E-state index in [1.54, 1.807) is 25.1 Å². The lowest BCUT2D eigenvalue weighted by molar-refractivity contribution is 0.414. The third kappa shape index (κ3) is 4.13. The molecule has 0 aliphatic rings. The van der Waals surface area contributed by atoms with Gasteiger partial charge in [-0.15, -0.1) is 0 Å². The lowest BCUT2D eigenvalue weighted by atomic mass is 10.1. The average molecular weight is 354 g/mol. The molecule has 3 rings (SSSR count). The molecule has 0 saturated heterocycles. The van der Waals surface area contributed by atoms with E-state index in [0.717, 1.165) is 28.5 Å². The van der Waals surface area contributed by atoms with Crippen molar-refractivity contribution in [2.45, 2.75) is 6.42 Å².